The highest BCUT2D eigenvalue weighted by molar-refractivity contribution is 5.77. The molecule has 1 aliphatic heterocycles. The highest BCUT2D eigenvalue weighted by Gasteiger charge is 2.51. The van der Waals surface area contributed by atoms with Crippen molar-refractivity contribution in [1.29, 1.82) is 0 Å². The molecular formula is C12H16O6. The average Bonchev–Trinajstić information content (AvgIpc) is 2.64. The highest BCUT2D eigenvalue weighted by Crippen LogP contribution is 2.39. The lowest BCUT2D eigenvalue weighted by Gasteiger charge is -2.35. The summed E-state index contributed by atoms with van der Waals surface area (Å²) in [5, 5.41) is 0. The maximum absolute atomic E-state index is 11.7. The van der Waals surface area contributed by atoms with E-state index in [0.717, 1.165) is 0 Å². The van der Waals surface area contributed by atoms with Crippen LogP contribution in [0.4, 0.5) is 0 Å². The molecule has 4 unspecified atom stereocenters. The fourth-order valence-electron chi connectivity index (χ4n) is 2.75. The number of carbonyl (C=O) groups is 3. The number of ether oxygens (including phenoxy) is 3. The minimum absolute atomic E-state index is 0.209. The molecule has 2 fully saturated rings. The van der Waals surface area contributed by atoms with Gasteiger partial charge in [0.25, 0.3) is 0 Å². The first-order valence-electron chi connectivity index (χ1n) is 6.00. The van der Waals surface area contributed by atoms with Gasteiger partial charge in [0.05, 0.1) is 6.61 Å². The summed E-state index contributed by atoms with van der Waals surface area (Å²) in [6.07, 6.45) is 0.295. The van der Waals surface area contributed by atoms with E-state index in [0.29, 0.717) is 12.8 Å². The van der Waals surface area contributed by atoms with Crippen LogP contribution in [0.3, 0.4) is 0 Å². The van der Waals surface area contributed by atoms with Gasteiger partial charge in [0.2, 0.25) is 0 Å². The van der Waals surface area contributed by atoms with Crippen molar-refractivity contribution in [2.24, 2.45) is 11.8 Å². The molecule has 6 nitrogen and oxygen atoms in total. The van der Waals surface area contributed by atoms with Gasteiger partial charge in [-0.1, -0.05) is 0 Å². The smallest absolute Gasteiger partial charge is 0.313 e. The first kappa shape index (κ1) is 12.9. The molecule has 0 aromatic carbocycles. The van der Waals surface area contributed by atoms with E-state index in [-0.39, 0.29) is 30.6 Å². The Balaban J connectivity index is 2.11. The molecule has 0 aromatic heterocycles. The molecule has 0 bridgehead atoms. The summed E-state index contributed by atoms with van der Waals surface area (Å²) >= 11 is 0. The summed E-state index contributed by atoms with van der Waals surface area (Å²) in [5.74, 6) is -1.87. The van der Waals surface area contributed by atoms with Gasteiger partial charge in [-0.25, -0.2) is 0 Å². The molecule has 18 heavy (non-hydrogen) atoms. The maximum atomic E-state index is 11.7. The zero-order valence-corrected chi connectivity index (χ0v) is 10.4. The SMILES string of the molecule is CC(=O)OC1CCC(OC(C)=O)C2C(=O)OCC12. The van der Waals surface area contributed by atoms with E-state index in [4.69, 9.17) is 14.2 Å². The molecule has 0 amide bonds. The summed E-state index contributed by atoms with van der Waals surface area (Å²) in [5.41, 5.74) is 0. The third-order valence-corrected chi connectivity index (χ3v) is 3.40. The molecule has 0 spiro atoms. The standard InChI is InChI=1S/C12H16O6/c1-6(13)17-9-3-4-10(18-7(2)14)11-8(9)5-16-12(11)15/h8-11H,3-5H2,1-2H3. The largest absolute Gasteiger partial charge is 0.465 e. The van der Waals surface area contributed by atoms with Crippen LogP contribution in [0.25, 0.3) is 0 Å². The second-order valence-corrected chi connectivity index (χ2v) is 4.69. The van der Waals surface area contributed by atoms with E-state index in [1.165, 1.54) is 13.8 Å². The predicted octanol–water partition coefficient (Wildman–Crippen LogP) is 0.433. The van der Waals surface area contributed by atoms with Crippen LogP contribution >= 0.6 is 0 Å². The second kappa shape index (κ2) is 4.96. The Labute approximate surface area is 105 Å². The molecule has 1 heterocycles. The van der Waals surface area contributed by atoms with Gasteiger partial charge in [0.1, 0.15) is 18.1 Å². The van der Waals surface area contributed by atoms with Crippen LogP contribution in [0.1, 0.15) is 26.7 Å². The third-order valence-electron chi connectivity index (χ3n) is 3.40. The Morgan fingerprint density at radius 2 is 1.67 bits per heavy atom. The topological polar surface area (TPSA) is 78.9 Å². The van der Waals surface area contributed by atoms with Crippen molar-refractivity contribution in [3.8, 4) is 0 Å². The molecule has 4 atom stereocenters. The lowest BCUT2D eigenvalue weighted by molar-refractivity contribution is -0.166. The van der Waals surface area contributed by atoms with Crippen molar-refractivity contribution in [2.45, 2.75) is 38.9 Å². The summed E-state index contributed by atoms with van der Waals surface area (Å²) in [6.45, 7) is 2.87. The Morgan fingerprint density at radius 3 is 2.28 bits per heavy atom. The number of carbonyl (C=O) groups excluding carboxylic acids is 3. The van der Waals surface area contributed by atoms with Gasteiger partial charge >= 0.3 is 17.9 Å². The van der Waals surface area contributed by atoms with E-state index >= 15 is 0 Å². The summed E-state index contributed by atoms with van der Waals surface area (Å²) in [4.78, 5) is 33.7. The molecule has 1 saturated carbocycles. The Hall–Kier alpha value is -1.59. The van der Waals surface area contributed by atoms with Crippen LogP contribution in [0, 0.1) is 11.8 Å². The van der Waals surface area contributed by atoms with Gasteiger partial charge in [0.15, 0.2) is 0 Å². The Bertz CT molecular complexity index is 377. The van der Waals surface area contributed by atoms with E-state index in [1.807, 2.05) is 0 Å². The number of cyclic esters (lactones) is 1. The van der Waals surface area contributed by atoms with Gasteiger partial charge < -0.3 is 14.2 Å². The first-order chi connectivity index (χ1) is 8.49. The number of hydrogen-bond donors (Lipinski definition) is 0. The minimum atomic E-state index is -0.507. The first-order valence-corrected chi connectivity index (χ1v) is 6.00. The predicted molar refractivity (Wildman–Crippen MR) is 58.3 cm³/mol. The van der Waals surface area contributed by atoms with Crippen molar-refractivity contribution in [3.05, 3.63) is 0 Å². The zero-order chi connectivity index (χ0) is 13.3. The molecule has 0 aromatic rings. The van der Waals surface area contributed by atoms with E-state index in [1.54, 1.807) is 0 Å². The summed E-state index contributed by atoms with van der Waals surface area (Å²) < 4.78 is 15.3. The second-order valence-electron chi connectivity index (χ2n) is 4.69. The molecule has 1 saturated heterocycles. The van der Waals surface area contributed by atoms with Crippen molar-refractivity contribution in [1.82, 2.24) is 0 Å². The summed E-state index contributed by atoms with van der Waals surface area (Å²) in [6, 6.07) is 0. The van der Waals surface area contributed by atoms with Gasteiger partial charge in [-0.2, -0.15) is 0 Å². The van der Waals surface area contributed by atoms with Gasteiger partial charge in [-0.15, -0.1) is 0 Å². The maximum Gasteiger partial charge on any atom is 0.313 e. The molecule has 6 heteroatoms. The highest BCUT2D eigenvalue weighted by atomic mass is 16.6. The molecule has 0 radical (unpaired) electrons. The Kier molecular flexibility index (Phi) is 3.54. The molecule has 0 N–H and O–H groups in total. The fourth-order valence-corrected chi connectivity index (χ4v) is 2.75. The van der Waals surface area contributed by atoms with E-state index in [9.17, 15) is 14.4 Å². The Morgan fingerprint density at radius 1 is 1.11 bits per heavy atom. The van der Waals surface area contributed by atoms with Gasteiger partial charge in [-0.05, 0) is 12.8 Å². The van der Waals surface area contributed by atoms with E-state index < -0.39 is 18.0 Å². The molecule has 2 rings (SSSR count). The van der Waals surface area contributed by atoms with Crippen molar-refractivity contribution in [2.75, 3.05) is 6.61 Å². The number of esters is 3. The number of rotatable bonds is 2. The lowest BCUT2D eigenvalue weighted by atomic mass is 9.77. The van der Waals surface area contributed by atoms with Gasteiger partial charge in [0, 0.05) is 19.8 Å². The van der Waals surface area contributed by atoms with Crippen molar-refractivity contribution >= 4 is 17.9 Å². The zero-order valence-electron chi connectivity index (χ0n) is 10.4. The fraction of sp³-hybridized carbons (Fsp3) is 0.750. The quantitative estimate of drug-likeness (QED) is 0.526. The van der Waals surface area contributed by atoms with E-state index in [2.05, 4.69) is 0 Å². The monoisotopic (exact) mass is 256 g/mol. The lowest BCUT2D eigenvalue weighted by Crippen LogP contribution is -2.45. The van der Waals surface area contributed by atoms with Crippen LogP contribution in [0.2, 0.25) is 0 Å². The van der Waals surface area contributed by atoms with Crippen LogP contribution < -0.4 is 0 Å². The molecule has 1 aliphatic carbocycles. The molecule has 2 aliphatic rings. The van der Waals surface area contributed by atoms with Gasteiger partial charge in [-0.3, -0.25) is 14.4 Å². The van der Waals surface area contributed by atoms with Crippen LogP contribution in [0.15, 0.2) is 0 Å². The molecular weight excluding hydrogens is 240 g/mol. The average molecular weight is 256 g/mol. The van der Waals surface area contributed by atoms with Crippen molar-refractivity contribution < 1.29 is 28.6 Å². The van der Waals surface area contributed by atoms with Crippen LogP contribution in [0.5, 0.6) is 0 Å². The molecule has 100 valence electrons. The van der Waals surface area contributed by atoms with Crippen molar-refractivity contribution in [3.63, 3.8) is 0 Å². The summed E-state index contributed by atoms with van der Waals surface area (Å²) in [7, 11) is 0. The van der Waals surface area contributed by atoms with Crippen LogP contribution in [-0.4, -0.2) is 36.7 Å². The normalized spacial score (nSPS) is 34.4. The number of fused-ring (bicyclic) bond motifs is 1. The third kappa shape index (κ3) is 2.47. The minimum Gasteiger partial charge on any atom is -0.465 e. The van der Waals surface area contributed by atoms with Crippen LogP contribution in [-0.2, 0) is 28.6 Å². The number of hydrogen-bond acceptors (Lipinski definition) is 6.